The third-order valence-electron chi connectivity index (χ3n) is 3.75. The van der Waals surface area contributed by atoms with E-state index in [0.29, 0.717) is 11.3 Å². The maximum atomic E-state index is 14.2. The predicted molar refractivity (Wildman–Crippen MR) is 88.2 cm³/mol. The Hall–Kier alpha value is -3.14. The SMILES string of the molecule is Fc1ccccc1-c1ncccc1-c1ccc2ncncc2c1. The molecule has 2 aromatic heterocycles. The molecule has 0 N–H and O–H groups in total. The van der Waals surface area contributed by atoms with Crippen LogP contribution in [-0.4, -0.2) is 15.0 Å². The van der Waals surface area contributed by atoms with Crippen LogP contribution in [0.2, 0.25) is 0 Å². The summed E-state index contributed by atoms with van der Waals surface area (Å²) in [4.78, 5) is 12.7. The van der Waals surface area contributed by atoms with Crippen LogP contribution in [0.3, 0.4) is 0 Å². The molecule has 0 aliphatic heterocycles. The Morgan fingerprint density at radius 2 is 1.70 bits per heavy atom. The van der Waals surface area contributed by atoms with Gasteiger partial charge in [-0.05, 0) is 35.9 Å². The lowest BCUT2D eigenvalue weighted by Gasteiger charge is -2.10. The zero-order chi connectivity index (χ0) is 15.6. The minimum Gasteiger partial charge on any atom is -0.255 e. The Morgan fingerprint density at radius 3 is 2.61 bits per heavy atom. The van der Waals surface area contributed by atoms with Gasteiger partial charge in [-0.3, -0.25) is 4.98 Å². The summed E-state index contributed by atoms with van der Waals surface area (Å²) in [6.45, 7) is 0. The summed E-state index contributed by atoms with van der Waals surface area (Å²) in [7, 11) is 0. The fourth-order valence-electron chi connectivity index (χ4n) is 2.66. The van der Waals surface area contributed by atoms with Gasteiger partial charge in [0.25, 0.3) is 0 Å². The van der Waals surface area contributed by atoms with Gasteiger partial charge in [0.1, 0.15) is 12.1 Å². The monoisotopic (exact) mass is 301 g/mol. The number of hydrogen-bond acceptors (Lipinski definition) is 3. The molecule has 0 atom stereocenters. The van der Waals surface area contributed by atoms with Gasteiger partial charge in [-0.1, -0.05) is 24.3 Å². The highest BCUT2D eigenvalue weighted by Gasteiger charge is 2.12. The molecule has 4 heteroatoms. The molecule has 0 saturated carbocycles. The average Bonchev–Trinajstić information content (AvgIpc) is 2.62. The van der Waals surface area contributed by atoms with Crippen LogP contribution in [0.25, 0.3) is 33.3 Å². The lowest BCUT2D eigenvalue weighted by atomic mass is 9.98. The molecule has 4 rings (SSSR count). The second-order valence-corrected chi connectivity index (χ2v) is 5.18. The Balaban J connectivity index is 1.93. The van der Waals surface area contributed by atoms with Gasteiger partial charge >= 0.3 is 0 Å². The summed E-state index contributed by atoms with van der Waals surface area (Å²) in [5.41, 5.74) is 3.83. The van der Waals surface area contributed by atoms with Gasteiger partial charge in [-0.15, -0.1) is 0 Å². The lowest BCUT2D eigenvalue weighted by molar-refractivity contribution is 0.631. The van der Waals surface area contributed by atoms with Gasteiger partial charge in [-0.25, -0.2) is 14.4 Å². The van der Waals surface area contributed by atoms with Crippen molar-refractivity contribution < 1.29 is 4.39 Å². The molecule has 0 aliphatic rings. The zero-order valence-electron chi connectivity index (χ0n) is 12.1. The van der Waals surface area contributed by atoms with E-state index in [1.54, 1.807) is 24.5 Å². The van der Waals surface area contributed by atoms with Crippen molar-refractivity contribution in [1.82, 2.24) is 15.0 Å². The second-order valence-electron chi connectivity index (χ2n) is 5.18. The largest absolute Gasteiger partial charge is 0.255 e. The molecule has 0 unspecified atom stereocenters. The van der Waals surface area contributed by atoms with Crippen molar-refractivity contribution in [3.63, 3.8) is 0 Å². The van der Waals surface area contributed by atoms with E-state index in [1.807, 2.05) is 36.4 Å². The molecule has 0 amide bonds. The normalized spacial score (nSPS) is 10.8. The highest BCUT2D eigenvalue weighted by molar-refractivity contribution is 5.88. The fraction of sp³-hybridized carbons (Fsp3) is 0. The van der Waals surface area contributed by atoms with Crippen LogP contribution >= 0.6 is 0 Å². The van der Waals surface area contributed by atoms with Gasteiger partial charge in [0.15, 0.2) is 0 Å². The first-order valence-corrected chi connectivity index (χ1v) is 7.23. The highest BCUT2D eigenvalue weighted by atomic mass is 19.1. The molecule has 0 fully saturated rings. The second kappa shape index (κ2) is 5.57. The molecular weight excluding hydrogens is 289 g/mol. The molecule has 0 bridgehead atoms. The topological polar surface area (TPSA) is 38.7 Å². The van der Waals surface area contributed by atoms with Crippen LogP contribution in [-0.2, 0) is 0 Å². The minimum absolute atomic E-state index is 0.281. The molecule has 23 heavy (non-hydrogen) atoms. The Kier molecular flexibility index (Phi) is 3.27. The third-order valence-corrected chi connectivity index (χ3v) is 3.75. The van der Waals surface area contributed by atoms with Gasteiger partial charge in [-0.2, -0.15) is 0 Å². The van der Waals surface area contributed by atoms with E-state index in [9.17, 15) is 4.39 Å². The van der Waals surface area contributed by atoms with Crippen molar-refractivity contribution in [3.05, 3.63) is 79.1 Å². The summed E-state index contributed by atoms with van der Waals surface area (Å²) in [6, 6.07) is 16.4. The van der Waals surface area contributed by atoms with Crippen molar-refractivity contribution in [2.75, 3.05) is 0 Å². The van der Waals surface area contributed by atoms with E-state index in [2.05, 4.69) is 15.0 Å². The van der Waals surface area contributed by atoms with Crippen molar-refractivity contribution in [3.8, 4) is 22.4 Å². The van der Waals surface area contributed by atoms with Crippen LogP contribution in [0.15, 0.2) is 73.3 Å². The van der Waals surface area contributed by atoms with Crippen molar-refractivity contribution in [1.29, 1.82) is 0 Å². The van der Waals surface area contributed by atoms with Crippen molar-refractivity contribution in [2.24, 2.45) is 0 Å². The number of pyridine rings is 1. The van der Waals surface area contributed by atoms with Gasteiger partial charge < -0.3 is 0 Å². The molecule has 3 nitrogen and oxygen atoms in total. The van der Waals surface area contributed by atoms with Crippen molar-refractivity contribution in [2.45, 2.75) is 0 Å². The highest BCUT2D eigenvalue weighted by Crippen LogP contribution is 2.32. The first kappa shape index (κ1) is 13.5. The van der Waals surface area contributed by atoms with E-state index in [4.69, 9.17) is 0 Å². The average molecular weight is 301 g/mol. The molecule has 4 aromatic rings. The summed E-state index contributed by atoms with van der Waals surface area (Å²) < 4.78 is 14.2. The number of nitrogens with zero attached hydrogens (tertiary/aromatic N) is 3. The summed E-state index contributed by atoms with van der Waals surface area (Å²) in [6.07, 6.45) is 4.97. The van der Waals surface area contributed by atoms with E-state index in [1.165, 1.54) is 12.4 Å². The maximum absolute atomic E-state index is 14.2. The van der Waals surface area contributed by atoms with Crippen LogP contribution in [0, 0.1) is 5.82 Å². The first-order valence-electron chi connectivity index (χ1n) is 7.23. The lowest BCUT2D eigenvalue weighted by Crippen LogP contribution is -1.92. The summed E-state index contributed by atoms with van der Waals surface area (Å²) in [5, 5.41) is 0.938. The van der Waals surface area contributed by atoms with Crippen molar-refractivity contribution >= 4 is 10.9 Å². The predicted octanol–water partition coefficient (Wildman–Crippen LogP) is 4.50. The molecule has 2 aromatic carbocycles. The molecule has 110 valence electrons. The first-order chi connectivity index (χ1) is 11.3. The quantitative estimate of drug-likeness (QED) is 0.547. The molecule has 2 heterocycles. The fourth-order valence-corrected chi connectivity index (χ4v) is 2.66. The Labute approximate surface area is 132 Å². The third kappa shape index (κ3) is 2.44. The number of rotatable bonds is 2. The number of aromatic nitrogens is 3. The van der Waals surface area contributed by atoms with E-state index in [-0.39, 0.29) is 5.82 Å². The summed E-state index contributed by atoms with van der Waals surface area (Å²) >= 11 is 0. The van der Waals surface area contributed by atoms with Crippen LogP contribution in [0.5, 0.6) is 0 Å². The number of hydrogen-bond donors (Lipinski definition) is 0. The summed E-state index contributed by atoms with van der Waals surface area (Å²) in [5.74, 6) is -0.281. The smallest absolute Gasteiger partial charge is 0.132 e. The molecule has 0 aliphatic carbocycles. The van der Waals surface area contributed by atoms with Crippen LogP contribution < -0.4 is 0 Å². The Bertz CT molecular complexity index is 998. The van der Waals surface area contributed by atoms with E-state index in [0.717, 1.165) is 22.0 Å². The maximum Gasteiger partial charge on any atom is 0.132 e. The van der Waals surface area contributed by atoms with E-state index < -0.39 is 0 Å². The number of halogens is 1. The molecule has 0 saturated heterocycles. The number of benzene rings is 2. The van der Waals surface area contributed by atoms with Crippen LogP contribution in [0.1, 0.15) is 0 Å². The Morgan fingerprint density at radius 1 is 0.826 bits per heavy atom. The zero-order valence-corrected chi connectivity index (χ0v) is 12.1. The van der Waals surface area contributed by atoms with Gasteiger partial charge in [0.2, 0.25) is 0 Å². The minimum atomic E-state index is -0.281. The van der Waals surface area contributed by atoms with E-state index >= 15 is 0 Å². The molecule has 0 radical (unpaired) electrons. The standard InChI is InChI=1S/C19H12FN3/c20-17-6-2-1-4-16(17)19-15(5-3-9-22-19)13-7-8-18-14(10-13)11-21-12-23-18/h1-12H. The molecular formula is C19H12FN3. The molecule has 0 spiro atoms. The van der Waals surface area contributed by atoms with Crippen LogP contribution in [0.4, 0.5) is 4.39 Å². The van der Waals surface area contributed by atoms with Gasteiger partial charge in [0.05, 0.1) is 11.2 Å². The van der Waals surface area contributed by atoms with Gasteiger partial charge in [0, 0.05) is 28.9 Å². The number of fused-ring (bicyclic) bond motifs is 1.